The Hall–Kier alpha value is -3.67. The Morgan fingerprint density at radius 1 is 1.47 bits per heavy atom. The Labute approximate surface area is 222 Å². The van der Waals surface area contributed by atoms with Crippen molar-refractivity contribution in [2.45, 2.75) is 22.7 Å². The lowest BCUT2D eigenvalue weighted by atomic mass is 9.98. The summed E-state index contributed by atoms with van der Waals surface area (Å²) in [5.74, 6) is -3.88. The summed E-state index contributed by atoms with van der Waals surface area (Å²) in [6.07, 6.45) is -0.473. The fourth-order valence-electron chi connectivity index (χ4n) is 3.61. The lowest BCUT2D eigenvalue weighted by Gasteiger charge is -2.55. The third kappa shape index (κ3) is 5.17. The van der Waals surface area contributed by atoms with Crippen LogP contribution in [0.5, 0.6) is 5.88 Å². The van der Waals surface area contributed by atoms with Crippen LogP contribution in [0, 0.1) is 11.3 Å². The van der Waals surface area contributed by atoms with Gasteiger partial charge in [-0.1, -0.05) is 11.8 Å². The number of aromatic nitrogens is 5. The minimum absolute atomic E-state index is 0.0977. The number of ether oxygens (including phenoxy) is 1. The second-order valence-electron chi connectivity index (χ2n) is 7.71. The van der Waals surface area contributed by atoms with Gasteiger partial charge in [-0.05, 0) is 21.2 Å². The molecule has 38 heavy (non-hydrogen) atoms. The second-order valence-corrected chi connectivity index (χ2v) is 11.3. The van der Waals surface area contributed by atoms with Gasteiger partial charge in [0, 0.05) is 31.7 Å². The number of aryl methyl sites for hydroxylation is 1. The van der Waals surface area contributed by atoms with E-state index >= 15 is 0 Å². The minimum Gasteiger partial charge on any atom is -0.477 e. The van der Waals surface area contributed by atoms with E-state index in [1.807, 2.05) is 0 Å². The predicted octanol–water partition coefficient (Wildman–Crippen LogP) is -1.52. The van der Waals surface area contributed by atoms with E-state index in [1.165, 1.54) is 41.4 Å². The van der Waals surface area contributed by atoms with Crippen molar-refractivity contribution in [1.82, 2.24) is 35.6 Å². The SMILES string of the molecule is CO[C@@]1(NC(=O)Cc2cc(OS(=O)(=O)CC#N)no2)C(=O)N2C(C(=O)O)=C(CSc3nnnn3C)CS[C@@H]21. The Kier molecular flexibility index (Phi) is 7.63. The van der Waals surface area contributed by atoms with Gasteiger partial charge in [0.1, 0.15) is 16.8 Å². The molecule has 4 rings (SSSR count). The summed E-state index contributed by atoms with van der Waals surface area (Å²) in [6, 6.07) is 2.47. The first-order valence-corrected chi connectivity index (χ1v) is 14.0. The van der Waals surface area contributed by atoms with Crippen molar-refractivity contribution >= 4 is 51.4 Å². The maximum atomic E-state index is 13.2. The number of carbonyl (C=O) groups is 3. The molecular formula is C18H18N8O9S3. The Morgan fingerprint density at radius 2 is 2.24 bits per heavy atom. The van der Waals surface area contributed by atoms with E-state index in [4.69, 9.17) is 14.5 Å². The van der Waals surface area contributed by atoms with Gasteiger partial charge in [-0.15, -0.1) is 16.9 Å². The summed E-state index contributed by atoms with van der Waals surface area (Å²) in [5.41, 5.74) is -1.58. The topological polar surface area (TPSA) is 233 Å². The summed E-state index contributed by atoms with van der Waals surface area (Å²) in [5, 5.41) is 34.9. The minimum atomic E-state index is -4.21. The van der Waals surface area contributed by atoms with Gasteiger partial charge in [-0.2, -0.15) is 13.7 Å². The summed E-state index contributed by atoms with van der Waals surface area (Å²) >= 11 is 2.41. The van der Waals surface area contributed by atoms with Crippen molar-refractivity contribution in [3.63, 3.8) is 0 Å². The highest BCUT2D eigenvalue weighted by atomic mass is 32.2. The molecule has 2 aliphatic heterocycles. The van der Waals surface area contributed by atoms with E-state index in [1.54, 1.807) is 7.05 Å². The quantitative estimate of drug-likeness (QED) is 0.132. The van der Waals surface area contributed by atoms with Crippen molar-refractivity contribution < 1.29 is 41.4 Å². The van der Waals surface area contributed by atoms with Crippen LogP contribution in [-0.4, -0.2) is 97.0 Å². The number of hydrogen-bond donors (Lipinski definition) is 2. The molecule has 0 unspecified atom stereocenters. The molecule has 2 atom stereocenters. The van der Waals surface area contributed by atoms with Crippen LogP contribution in [0.2, 0.25) is 0 Å². The fourth-order valence-corrected chi connectivity index (χ4v) is 6.60. The molecule has 0 spiro atoms. The van der Waals surface area contributed by atoms with E-state index in [2.05, 4.69) is 30.2 Å². The highest BCUT2D eigenvalue weighted by Gasteiger charge is 2.66. The van der Waals surface area contributed by atoms with Crippen LogP contribution in [0.25, 0.3) is 0 Å². The molecule has 20 heteroatoms. The number of hydrogen-bond acceptors (Lipinski definition) is 15. The fraction of sp³-hybridized carbons (Fsp3) is 0.444. The number of tetrazole rings is 1. The Bertz CT molecular complexity index is 1460. The maximum absolute atomic E-state index is 13.2. The molecule has 0 aliphatic carbocycles. The highest BCUT2D eigenvalue weighted by molar-refractivity contribution is 8.01. The van der Waals surface area contributed by atoms with Crippen LogP contribution in [0.4, 0.5) is 0 Å². The van der Waals surface area contributed by atoms with Crippen LogP contribution >= 0.6 is 23.5 Å². The van der Waals surface area contributed by atoms with Crippen LogP contribution in [-0.2, 0) is 42.7 Å². The number of amides is 2. The monoisotopic (exact) mass is 586 g/mol. The molecule has 2 N–H and O–H groups in total. The number of carbonyl (C=O) groups excluding carboxylic acids is 2. The van der Waals surface area contributed by atoms with Gasteiger partial charge in [0.2, 0.25) is 11.1 Å². The number of fused-ring (bicyclic) bond motifs is 1. The van der Waals surface area contributed by atoms with Crippen LogP contribution < -0.4 is 9.50 Å². The third-order valence-corrected chi connectivity index (χ3v) is 8.62. The molecule has 2 aromatic heterocycles. The number of thioether (sulfide) groups is 2. The van der Waals surface area contributed by atoms with Gasteiger partial charge in [0.25, 0.3) is 17.5 Å². The van der Waals surface area contributed by atoms with Crippen LogP contribution in [0.1, 0.15) is 5.76 Å². The summed E-state index contributed by atoms with van der Waals surface area (Å²) in [6.45, 7) is 0. The molecule has 0 bridgehead atoms. The number of carboxylic acids is 1. The first-order valence-electron chi connectivity index (χ1n) is 10.4. The smallest absolute Gasteiger partial charge is 0.352 e. The number of nitrogens with zero attached hydrogens (tertiary/aromatic N) is 7. The lowest BCUT2D eigenvalue weighted by Crippen LogP contribution is -2.80. The molecule has 0 saturated carbocycles. The number of rotatable bonds is 11. The van der Waals surface area contributed by atoms with E-state index in [0.717, 1.165) is 11.0 Å². The Balaban J connectivity index is 1.46. The number of carboxylic acid groups (broad SMARTS) is 1. The zero-order chi connectivity index (χ0) is 27.7. The van der Waals surface area contributed by atoms with Crippen molar-refractivity contribution in [2.75, 3.05) is 24.4 Å². The van der Waals surface area contributed by atoms with Crippen molar-refractivity contribution in [3.8, 4) is 11.9 Å². The molecular weight excluding hydrogens is 568 g/mol. The third-order valence-electron chi connectivity index (χ3n) is 5.24. The average molecular weight is 587 g/mol. The number of nitriles is 1. The first kappa shape index (κ1) is 27.4. The van der Waals surface area contributed by atoms with E-state index < -0.39 is 57.1 Å². The van der Waals surface area contributed by atoms with E-state index in [-0.39, 0.29) is 23.0 Å². The van der Waals surface area contributed by atoms with Gasteiger partial charge in [-0.3, -0.25) is 14.5 Å². The molecule has 0 aromatic carbocycles. The van der Waals surface area contributed by atoms with Gasteiger partial charge in [0.05, 0.1) is 12.5 Å². The predicted molar refractivity (Wildman–Crippen MR) is 125 cm³/mol. The standard InChI is InChI=1S/C18H18N8O9S3/c1-25-17(21-23-24-25)37-8-9-7-36-16-18(33-2,15(30)26(16)13(9)14(28)29)20-11(27)5-10-6-12(22-34-10)35-38(31,32)4-3-19/h6,16H,4-5,7-8H2,1-2H3,(H,20,27)(H,28,29)/t16-,18+/m1/s1. The van der Waals surface area contributed by atoms with Crippen molar-refractivity contribution in [3.05, 3.63) is 23.1 Å². The van der Waals surface area contributed by atoms with Crippen LogP contribution in [0.3, 0.4) is 0 Å². The molecule has 1 fully saturated rings. The molecule has 17 nitrogen and oxygen atoms in total. The molecule has 2 amide bonds. The number of nitrogens with one attached hydrogen (secondary N) is 1. The summed E-state index contributed by atoms with van der Waals surface area (Å²) in [4.78, 5) is 39.1. The average Bonchev–Trinajstić information content (AvgIpc) is 3.47. The normalized spacial score (nSPS) is 20.9. The van der Waals surface area contributed by atoms with Gasteiger partial charge >= 0.3 is 16.1 Å². The summed E-state index contributed by atoms with van der Waals surface area (Å²) in [7, 11) is -1.37. The molecule has 1 saturated heterocycles. The zero-order valence-corrected chi connectivity index (χ0v) is 22.0. The molecule has 2 aliphatic rings. The zero-order valence-electron chi connectivity index (χ0n) is 19.6. The second kappa shape index (κ2) is 10.6. The van der Waals surface area contributed by atoms with Crippen molar-refractivity contribution in [2.24, 2.45) is 7.05 Å². The molecule has 202 valence electrons. The van der Waals surface area contributed by atoms with E-state index in [9.17, 15) is 27.9 Å². The Morgan fingerprint density at radius 3 is 2.87 bits per heavy atom. The van der Waals surface area contributed by atoms with Gasteiger partial charge < -0.3 is 23.9 Å². The number of β-lactam (4-membered cyclic amide) rings is 1. The highest BCUT2D eigenvalue weighted by Crippen LogP contribution is 2.47. The largest absolute Gasteiger partial charge is 0.477 e. The van der Waals surface area contributed by atoms with Crippen molar-refractivity contribution in [1.29, 1.82) is 5.26 Å². The van der Waals surface area contributed by atoms with Gasteiger partial charge in [-0.25, -0.2) is 9.48 Å². The lowest BCUT2D eigenvalue weighted by molar-refractivity contribution is -0.192. The number of methoxy groups -OCH3 is 1. The maximum Gasteiger partial charge on any atom is 0.352 e. The first-order chi connectivity index (χ1) is 18.0. The molecule has 0 radical (unpaired) electrons. The van der Waals surface area contributed by atoms with Crippen LogP contribution in [0.15, 0.2) is 27.0 Å². The van der Waals surface area contributed by atoms with E-state index in [0.29, 0.717) is 10.7 Å². The number of aliphatic carboxylic acids is 1. The summed E-state index contributed by atoms with van der Waals surface area (Å²) < 4.78 is 39.4. The van der Waals surface area contributed by atoms with Gasteiger partial charge in [0.15, 0.2) is 5.75 Å². The molecule has 4 heterocycles. The molecule has 2 aromatic rings.